The number of hydrogen-bond donors (Lipinski definition) is 0. The smallest absolute Gasteiger partial charge is 0.291 e. The molecular weight excluding hydrogens is 298 g/mol. The lowest BCUT2D eigenvalue weighted by atomic mass is 9.88. The van der Waals surface area contributed by atoms with E-state index >= 15 is 0 Å². The van der Waals surface area contributed by atoms with Crippen molar-refractivity contribution >= 4 is 0 Å². The van der Waals surface area contributed by atoms with E-state index in [-0.39, 0.29) is 23.8 Å². The Balaban J connectivity index is 2.23. The molecule has 1 aliphatic heterocycles. The summed E-state index contributed by atoms with van der Waals surface area (Å²) >= 11 is 0. The highest BCUT2D eigenvalue weighted by atomic mass is 19.4. The van der Waals surface area contributed by atoms with Crippen molar-refractivity contribution in [3.05, 3.63) is 35.6 Å². The summed E-state index contributed by atoms with van der Waals surface area (Å²) in [6, 6.07) is 5.72. The molecule has 0 aliphatic carbocycles. The molecule has 124 valence electrons. The summed E-state index contributed by atoms with van der Waals surface area (Å²) in [5.41, 5.74) is 0.620. The average molecular weight is 319 g/mol. The van der Waals surface area contributed by atoms with Crippen LogP contribution in [0.25, 0.3) is 0 Å². The first-order valence-corrected chi connectivity index (χ1v) is 7.33. The molecule has 6 heteroatoms. The molecule has 1 aromatic carbocycles. The minimum atomic E-state index is -4.62. The fraction of sp³-hybridized carbons (Fsp3) is 0.625. The van der Waals surface area contributed by atoms with E-state index < -0.39 is 12.5 Å². The average Bonchev–Trinajstić information content (AvgIpc) is 2.36. The Morgan fingerprint density at radius 3 is 2.18 bits per heavy atom. The van der Waals surface area contributed by atoms with Crippen LogP contribution >= 0.6 is 0 Å². The normalized spacial score (nSPS) is 24.5. The second-order valence-electron chi connectivity index (χ2n) is 6.64. The topological polar surface area (TPSA) is 12.5 Å². The first kappa shape index (κ1) is 17.2. The van der Waals surface area contributed by atoms with Gasteiger partial charge in [-0.3, -0.25) is 9.64 Å². The van der Waals surface area contributed by atoms with Gasteiger partial charge in [0.05, 0.1) is 6.10 Å². The monoisotopic (exact) mass is 319 g/mol. The SMILES string of the molecule is CC(C)(C)N1CC[C@H](OC(F)(F)F)C[C@@H]1c1ccc(F)cc1. The van der Waals surface area contributed by atoms with Gasteiger partial charge in [-0.05, 0) is 51.3 Å². The Kier molecular flexibility index (Phi) is 4.82. The third-order valence-corrected chi connectivity index (χ3v) is 3.97. The van der Waals surface area contributed by atoms with E-state index in [2.05, 4.69) is 9.64 Å². The van der Waals surface area contributed by atoms with Gasteiger partial charge in [-0.2, -0.15) is 0 Å². The van der Waals surface area contributed by atoms with Crippen LogP contribution in [0.5, 0.6) is 0 Å². The molecule has 1 saturated heterocycles. The molecule has 1 heterocycles. The maximum Gasteiger partial charge on any atom is 0.522 e. The van der Waals surface area contributed by atoms with Crippen molar-refractivity contribution < 1.29 is 22.3 Å². The van der Waals surface area contributed by atoms with Crippen molar-refractivity contribution in [3.63, 3.8) is 0 Å². The van der Waals surface area contributed by atoms with Crippen LogP contribution in [-0.4, -0.2) is 29.4 Å². The molecule has 2 rings (SSSR count). The first-order valence-electron chi connectivity index (χ1n) is 7.33. The summed E-state index contributed by atoms with van der Waals surface area (Å²) in [5, 5.41) is 0. The van der Waals surface area contributed by atoms with Crippen LogP contribution in [0, 0.1) is 5.82 Å². The van der Waals surface area contributed by atoms with Gasteiger partial charge in [-0.25, -0.2) is 4.39 Å². The molecule has 0 aromatic heterocycles. The van der Waals surface area contributed by atoms with E-state index in [4.69, 9.17) is 0 Å². The molecule has 22 heavy (non-hydrogen) atoms. The second-order valence-corrected chi connectivity index (χ2v) is 6.64. The van der Waals surface area contributed by atoms with Crippen molar-refractivity contribution in [3.8, 4) is 0 Å². The number of nitrogens with zero attached hydrogens (tertiary/aromatic N) is 1. The summed E-state index contributed by atoms with van der Waals surface area (Å²) in [5.74, 6) is -0.357. The summed E-state index contributed by atoms with van der Waals surface area (Å²) in [4.78, 5) is 2.15. The lowest BCUT2D eigenvalue weighted by Crippen LogP contribution is -2.50. The second kappa shape index (κ2) is 6.16. The largest absolute Gasteiger partial charge is 0.522 e. The van der Waals surface area contributed by atoms with Gasteiger partial charge in [-0.15, -0.1) is 13.2 Å². The molecule has 1 aromatic rings. The fourth-order valence-corrected chi connectivity index (χ4v) is 3.03. The van der Waals surface area contributed by atoms with E-state index in [0.717, 1.165) is 5.56 Å². The molecule has 1 fully saturated rings. The minimum Gasteiger partial charge on any atom is -0.291 e. The van der Waals surface area contributed by atoms with Crippen LogP contribution in [-0.2, 0) is 4.74 Å². The highest BCUT2D eigenvalue weighted by Crippen LogP contribution is 2.38. The lowest BCUT2D eigenvalue weighted by Gasteiger charge is -2.47. The van der Waals surface area contributed by atoms with Gasteiger partial charge in [0.2, 0.25) is 0 Å². The number of hydrogen-bond acceptors (Lipinski definition) is 2. The van der Waals surface area contributed by atoms with Crippen molar-refractivity contribution in [2.24, 2.45) is 0 Å². The molecule has 2 atom stereocenters. The van der Waals surface area contributed by atoms with E-state index in [1.54, 1.807) is 12.1 Å². The summed E-state index contributed by atoms with van der Waals surface area (Å²) < 4.78 is 54.7. The molecule has 2 nitrogen and oxygen atoms in total. The number of ether oxygens (including phenoxy) is 1. The van der Waals surface area contributed by atoms with Crippen molar-refractivity contribution in [1.29, 1.82) is 0 Å². The number of alkyl halides is 3. The first-order chi connectivity index (χ1) is 10.1. The van der Waals surface area contributed by atoms with Crippen LogP contribution in [0.1, 0.15) is 45.2 Å². The van der Waals surface area contributed by atoms with Gasteiger partial charge in [0, 0.05) is 18.1 Å². The Morgan fingerprint density at radius 2 is 1.68 bits per heavy atom. The van der Waals surface area contributed by atoms with Gasteiger partial charge >= 0.3 is 6.36 Å². The number of benzene rings is 1. The Hall–Kier alpha value is -1.14. The highest BCUT2D eigenvalue weighted by molar-refractivity contribution is 5.21. The predicted octanol–water partition coefficient (Wildman–Crippen LogP) is 4.67. The van der Waals surface area contributed by atoms with Crippen LogP contribution < -0.4 is 0 Å². The van der Waals surface area contributed by atoms with Crippen LogP contribution in [0.3, 0.4) is 0 Å². The molecule has 0 radical (unpaired) electrons. The van der Waals surface area contributed by atoms with E-state index in [1.807, 2.05) is 20.8 Å². The van der Waals surface area contributed by atoms with Crippen LogP contribution in [0.2, 0.25) is 0 Å². The minimum absolute atomic E-state index is 0.192. The van der Waals surface area contributed by atoms with E-state index in [0.29, 0.717) is 13.0 Å². The standard InChI is InChI=1S/C16H21F4NO/c1-15(2,3)21-9-8-13(22-16(18,19)20)10-14(21)11-4-6-12(17)7-5-11/h4-7,13-14H,8-10H2,1-3H3/t13-,14+/m0/s1. The summed E-state index contributed by atoms with van der Waals surface area (Å²) in [7, 11) is 0. The maximum atomic E-state index is 13.1. The fourth-order valence-electron chi connectivity index (χ4n) is 3.03. The van der Waals surface area contributed by atoms with Crippen molar-refractivity contribution in [2.45, 2.75) is 57.7 Å². The Morgan fingerprint density at radius 1 is 1.09 bits per heavy atom. The molecule has 0 saturated carbocycles. The number of halogens is 4. The molecule has 0 bridgehead atoms. The van der Waals surface area contributed by atoms with E-state index in [9.17, 15) is 17.6 Å². The van der Waals surface area contributed by atoms with Gasteiger partial charge in [0.25, 0.3) is 0 Å². The highest BCUT2D eigenvalue weighted by Gasteiger charge is 2.40. The zero-order valence-electron chi connectivity index (χ0n) is 13.0. The summed E-state index contributed by atoms with van der Waals surface area (Å²) in [6.45, 7) is 6.57. The zero-order valence-corrected chi connectivity index (χ0v) is 13.0. The van der Waals surface area contributed by atoms with Crippen LogP contribution in [0.15, 0.2) is 24.3 Å². The third kappa shape index (κ3) is 4.43. The quantitative estimate of drug-likeness (QED) is 0.735. The molecule has 0 unspecified atom stereocenters. The third-order valence-electron chi connectivity index (χ3n) is 3.97. The molecule has 0 spiro atoms. The van der Waals surface area contributed by atoms with Crippen molar-refractivity contribution in [1.82, 2.24) is 4.90 Å². The van der Waals surface area contributed by atoms with Gasteiger partial charge in [-0.1, -0.05) is 12.1 Å². The van der Waals surface area contributed by atoms with Gasteiger partial charge in [0.1, 0.15) is 5.82 Å². The Bertz CT molecular complexity index is 492. The van der Waals surface area contributed by atoms with Crippen molar-refractivity contribution in [2.75, 3.05) is 6.54 Å². The lowest BCUT2D eigenvalue weighted by molar-refractivity contribution is -0.347. The van der Waals surface area contributed by atoms with E-state index in [1.165, 1.54) is 12.1 Å². The van der Waals surface area contributed by atoms with Gasteiger partial charge in [0.15, 0.2) is 0 Å². The Labute approximate surface area is 128 Å². The zero-order chi connectivity index (χ0) is 16.5. The molecule has 0 N–H and O–H groups in total. The predicted molar refractivity (Wildman–Crippen MR) is 75.8 cm³/mol. The molecule has 0 amide bonds. The van der Waals surface area contributed by atoms with Gasteiger partial charge < -0.3 is 0 Å². The van der Waals surface area contributed by atoms with Crippen LogP contribution in [0.4, 0.5) is 17.6 Å². The number of rotatable bonds is 2. The number of piperidine rings is 1. The summed E-state index contributed by atoms with van der Waals surface area (Å²) in [6.07, 6.45) is -4.92. The maximum absolute atomic E-state index is 13.1. The molecular formula is C16H21F4NO. The number of likely N-dealkylation sites (tertiary alicyclic amines) is 1. The molecule has 1 aliphatic rings.